The highest BCUT2D eigenvalue weighted by Crippen LogP contribution is 2.27. The second-order valence-corrected chi connectivity index (χ2v) is 9.15. The standard InChI is InChI=1S/C23H27Cl2N3O4S/c1-3-12-26-23(30)21(4-2)27(13-18-19(24)6-5-7-20(18)25)22(29)15-33-14-16-8-10-17(11-9-16)28(31)32/h5-11,21H,3-4,12-15H2,1-2H3,(H,26,30)/t21-/m1/s1. The van der Waals surface area contributed by atoms with Crippen molar-refractivity contribution in [1.29, 1.82) is 0 Å². The van der Waals surface area contributed by atoms with Crippen molar-refractivity contribution in [3.05, 3.63) is 73.8 Å². The molecule has 2 rings (SSSR count). The summed E-state index contributed by atoms with van der Waals surface area (Å²) in [4.78, 5) is 37.9. The van der Waals surface area contributed by atoms with Gasteiger partial charge in [0.25, 0.3) is 5.69 Å². The normalized spacial score (nSPS) is 11.6. The second kappa shape index (κ2) is 13.4. The summed E-state index contributed by atoms with van der Waals surface area (Å²) in [6.07, 6.45) is 1.23. The molecule has 0 fully saturated rings. The van der Waals surface area contributed by atoms with E-state index in [9.17, 15) is 19.7 Å². The molecule has 0 bridgehead atoms. The number of halogens is 2. The van der Waals surface area contributed by atoms with Crippen LogP contribution in [0.15, 0.2) is 42.5 Å². The maximum Gasteiger partial charge on any atom is 0.269 e. The van der Waals surface area contributed by atoms with E-state index in [4.69, 9.17) is 23.2 Å². The van der Waals surface area contributed by atoms with E-state index >= 15 is 0 Å². The fraction of sp³-hybridized carbons (Fsp3) is 0.391. The lowest BCUT2D eigenvalue weighted by atomic mass is 10.1. The van der Waals surface area contributed by atoms with Crippen LogP contribution in [0.1, 0.15) is 37.8 Å². The smallest absolute Gasteiger partial charge is 0.269 e. The molecule has 0 spiro atoms. The van der Waals surface area contributed by atoms with Crippen LogP contribution in [-0.2, 0) is 21.9 Å². The summed E-state index contributed by atoms with van der Waals surface area (Å²) in [6.45, 7) is 4.46. The molecule has 10 heteroatoms. The molecule has 0 unspecified atom stereocenters. The van der Waals surface area contributed by atoms with E-state index < -0.39 is 11.0 Å². The van der Waals surface area contributed by atoms with Gasteiger partial charge in [0.2, 0.25) is 11.8 Å². The van der Waals surface area contributed by atoms with Crippen molar-refractivity contribution in [2.75, 3.05) is 12.3 Å². The van der Waals surface area contributed by atoms with E-state index in [0.29, 0.717) is 34.3 Å². The summed E-state index contributed by atoms with van der Waals surface area (Å²) in [7, 11) is 0. The van der Waals surface area contributed by atoms with Gasteiger partial charge in [-0.25, -0.2) is 0 Å². The summed E-state index contributed by atoms with van der Waals surface area (Å²) in [5.41, 5.74) is 1.48. The van der Waals surface area contributed by atoms with Gasteiger partial charge in [-0.3, -0.25) is 19.7 Å². The van der Waals surface area contributed by atoms with Crippen molar-refractivity contribution in [2.45, 2.75) is 45.0 Å². The number of nitro groups is 1. The number of thioether (sulfide) groups is 1. The van der Waals surface area contributed by atoms with Gasteiger partial charge in [-0.2, -0.15) is 0 Å². The molecule has 33 heavy (non-hydrogen) atoms. The van der Waals surface area contributed by atoms with Gasteiger partial charge in [0.15, 0.2) is 0 Å². The van der Waals surface area contributed by atoms with Crippen LogP contribution >= 0.6 is 35.0 Å². The maximum atomic E-state index is 13.2. The van der Waals surface area contributed by atoms with Crippen molar-refractivity contribution in [2.24, 2.45) is 0 Å². The first-order valence-corrected chi connectivity index (χ1v) is 12.5. The first kappa shape index (κ1) is 27.0. The zero-order valence-corrected chi connectivity index (χ0v) is 20.9. The lowest BCUT2D eigenvalue weighted by Crippen LogP contribution is -2.49. The van der Waals surface area contributed by atoms with Gasteiger partial charge in [0, 0.05) is 46.6 Å². The number of carbonyl (C=O) groups is 2. The van der Waals surface area contributed by atoms with Crippen molar-refractivity contribution >= 4 is 52.5 Å². The Bertz CT molecular complexity index is 952. The van der Waals surface area contributed by atoms with Crippen molar-refractivity contribution < 1.29 is 14.5 Å². The minimum Gasteiger partial charge on any atom is -0.354 e. The van der Waals surface area contributed by atoms with Gasteiger partial charge >= 0.3 is 0 Å². The molecule has 2 aromatic carbocycles. The highest BCUT2D eigenvalue weighted by molar-refractivity contribution is 7.99. The summed E-state index contributed by atoms with van der Waals surface area (Å²) in [6, 6.07) is 10.7. The Morgan fingerprint density at radius 2 is 1.76 bits per heavy atom. The SMILES string of the molecule is CCCNC(=O)[C@@H](CC)N(Cc1c(Cl)cccc1Cl)C(=O)CSCc1ccc([N+](=O)[O-])cc1. The fourth-order valence-corrected chi connectivity index (χ4v) is 4.58. The zero-order chi connectivity index (χ0) is 24.4. The van der Waals surface area contributed by atoms with Gasteiger partial charge in [0.05, 0.1) is 10.7 Å². The number of hydrogen-bond acceptors (Lipinski definition) is 5. The van der Waals surface area contributed by atoms with E-state index in [-0.39, 0.29) is 29.8 Å². The maximum absolute atomic E-state index is 13.2. The van der Waals surface area contributed by atoms with Gasteiger partial charge in [0.1, 0.15) is 6.04 Å². The minimum atomic E-state index is -0.656. The molecule has 2 amide bonds. The minimum absolute atomic E-state index is 0.0199. The molecule has 0 heterocycles. The summed E-state index contributed by atoms with van der Waals surface area (Å²) in [5.74, 6) is 0.215. The first-order chi connectivity index (χ1) is 15.8. The van der Waals surface area contributed by atoms with Crippen molar-refractivity contribution in [1.82, 2.24) is 10.2 Å². The van der Waals surface area contributed by atoms with Gasteiger partial charge in [-0.1, -0.05) is 55.2 Å². The highest BCUT2D eigenvalue weighted by Gasteiger charge is 2.29. The third-order valence-corrected chi connectivity index (χ3v) is 6.66. The van der Waals surface area contributed by atoms with Crippen molar-refractivity contribution in [3.63, 3.8) is 0 Å². The molecule has 1 atom stereocenters. The quantitative estimate of drug-likeness (QED) is 0.301. The topological polar surface area (TPSA) is 92.6 Å². The Hall–Kier alpha value is -2.29. The van der Waals surface area contributed by atoms with Gasteiger partial charge < -0.3 is 10.2 Å². The average Bonchev–Trinajstić information content (AvgIpc) is 2.79. The number of hydrogen-bond donors (Lipinski definition) is 1. The number of carbonyl (C=O) groups excluding carboxylic acids is 2. The largest absolute Gasteiger partial charge is 0.354 e. The van der Waals surface area contributed by atoms with Crippen LogP contribution in [0.2, 0.25) is 10.0 Å². The van der Waals surface area contributed by atoms with Crippen LogP contribution in [0.3, 0.4) is 0 Å². The van der Waals surface area contributed by atoms with E-state index in [1.807, 2.05) is 13.8 Å². The van der Waals surface area contributed by atoms with Crippen LogP contribution in [0.4, 0.5) is 5.69 Å². The van der Waals surface area contributed by atoms with Crippen LogP contribution < -0.4 is 5.32 Å². The third kappa shape index (κ3) is 7.91. The summed E-state index contributed by atoms with van der Waals surface area (Å²) in [5, 5.41) is 14.5. The predicted octanol–water partition coefficient (Wildman–Crippen LogP) is 5.47. The molecule has 178 valence electrons. The molecule has 0 saturated heterocycles. The second-order valence-electron chi connectivity index (χ2n) is 7.35. The van der Waals surface area contributed by atoms with Gasteiger partial charge in [-0.05, 0) is 30.5 Å². The number of amides is 2. The molecule has 7 nitrogen and oxygen atoms in total. The predicted molar refractivity (Wildman–Crippen MR) is 134 cm³/mol. The van der Waals surface area contributed by atoms with Crippen LogP contribution in [-0.4, -0.2) is 40.0 Å². The number of nitrogens with one attached hydrogen (secondary N) is 1. The number of rotatable bonds is 12. The zero-order valence-electron chi connectivity index (χ0n) is 18.6. The molecule has 1 N–H and O–H groups in total. The third-order valence-electron chi connectivity index (χ3n) is 4.97. The Labute approximate surface area is 208 Å². The Morgan fingerprint density at radius 1 is 1.12 bits per heavy atom. The molecular formula is C23H27Cl2N3O4S. The van der Waals surface area contributed by atoms with E-state index in [2.05, 4.69) is 5.32 Å². The van der Waals surface area contributed by atoms with Crippen molar-refractivity contribution in [3.8, 4) is 0 Å². The average molecular weight is 512 g/mol. The first-order valence-electron chi connectivity index (χ1n) is 10.6. The number of nitro benzene ring substituents is 1. The summed E-state index contributed by atoms with van der Waals surface area (Å²) >= 11 is 14.0. The monoisotopic (exact) mass is 511 g/mol. The van der Waals surface area contributed by atoms with Crippen LogP contribution in [0.5, 0.6) is 0 Å². The Balaban J connectivity index is 2.15. The summed E-state index contributed by atoms with van der Waals surface area (Å²) < 4.78 is 0. The van der Waals surface area contributed by atoms with E-state index in [0.717, 1.165) is 12.0 Å². The van der Waals surface area contributed by atoms with Crippen LogP contribution in [0, 0.1) is 10.1 Å². The molecule has 0 aliphatic heterocycles. The van der Waals surface area contributed by atoms with E-state index in [1.54, 1.807) is 30.3 Å². The lowest BCUT2D eigenvalue weighted by molar-refractivity contribution is -0.384. The molecule has 0 saturated carbocycles. The van der Waals surface area contributed by atoms with Crippen LogP contribution in [0.25, 0.3) is 0 Å². The molecular weight excluding hydrogens is 485 g/mol. The number of non-ortho nitro benzene ring substituents is 1. The number of benzene rings is 2. The number of nitrogens with zero attached hydrogens (tertiary/aromatic N) is 2. The molecule has 0 aliphatic carbocycles. The Kier molecular flexibility index (Phi) is 11.0. The Morgan fingerprint density at radius 3 is 2.30 bits per heavy atom. The molecule has 0 aromatic heterocycles. The molecule has 0 radical (unpaired) electrons. The molecule has 0 aliphatic rings. The van der Waals surface area contributed by atoms with E-state index in [1.165, 1.54) is 28.8 Å². The van der Waals surface area contributed by atoms with Gasteiger partial charge in [-0.15, -0.1) is 11.8 Å². The molecule has 2 aromatic rings. The lowest BCUT2D eigenvalue weighted by Gasteiger charge is -2.31. The fourth-order valence-electron chi connectivity index (χ4n) is 3.19. The highest BCUT2D eigenvalue weighted by atomic mass is 35.5.